The van der Waals surface area contributed by atoms with E-state index in [9.17, 15) is 18.0 Å². The van der Waals surface area contributed by atoms with E-state index in [4.69, 9.17) is 4.74 Å². The molecule has 0 saturated heterocycles. The molecule has 0 bridgehead atoms. The van der Waals surface area contributed by atoms with Gasteiger partial charge >= 0.3 is 6.18 Å². The fraction of sp³-hybridized carbons (Fsp3) is 0.316. The lowest BCUT2D eigenvalue weighted by molar-refractivity contribution is -0.137. The van der Waals surface area contributed by atoms with Gasteiger partial charge in [-0.2, -0.15) is 13.2 Å². The Morgan fingerprint density at radius 2 is 1.84 bits per heavy atom. The molecule has 0 spiro atoms. The summed E-state index contributed by atoms with van der Waals surface area (Å²) in [6, 6.07) is 12.1. The third kappa shape index (κ3) is 5.52. The number of nitrogens with one attached hydrogen (secondary N) is 1. The maximum absolute atomic E-state index is 12.7. The van der Waals surface area contributed by atoms with Crippen LogP contribution in [0.25, 0.3) is 0 Å². The molecule has 1 atom stereocenters. The molecule has 0 aromatic heterocycles. The summed E-state index contributed by atoms with van der Waals surface area (Å²) >= 11 is 0. The molecule has 0 aliphatic rings. The van der Waals surface area contributed by atoms with Gasteiger partial charge in [0.25, 0.3) is 5.91 Å². The van der Waals surface area contributed by atoms with Gasteiger partial charge in [-0.15, -0.1) is 0 Å². The Bertz CT molecular complexity index is 711. The largest absolute Gasteiger partial charge is 0.484 e. The van der Waals surface area contributed by atoms with Crippen molar-refractivity contribution < 1.29 is 22.7 Å². The number of ether oxygens (including phenoxy) is 1. The molecule has 0 radical (unpaired) electrons. The minimum Gasteiger partial charge on any atom is -0.484 e. The van der Waals surface area contributed by atoms with Crippen molar-refractivity contribution in [1.82, 2.24) is 5.32 Å². The Hall–Kier alpha value is -2.50. The molecule has 1 N–H and O–H groups in total. The van der Waals surface area contributed by atoms with E-state index >= 15 is 0 Å². The van der Waals surface area contributed by atoms with E-state index in [0.717, 1.165) is 23.3 Å². The van der Waals surface area contributed by atoms with Crippen molar-refractivity contribution in [1.29, 1.82) is 0 Å². The van der Waals surface area contributed by atoms with E-state index in [1.807, 2.05) is 38.1 Å². The number of alkyl halides is 3. The number of carbonyl (C=O) groups excluding carboxylic acids is 1. The molecule has 0 fully saturated rings. The van der Waals surface area contributed by atoms with E-state index in [1.165, 1.54) is 12.1 Å². The zero-order valence-corrected chi connectivity index (χ0v) is 14.1. The predicted octanol–water partition coefficient (Wildman–Crippen LogP) is 4.66. The molecular formula is C19H20F3NO2. The molecule has 2 rings (SSSR count). The van der Waals surface area contributed by atoms with Crippen LogP contribution in [-0.4, -0.2) is 12.5 Å². The summed E-state index contributed by atoms with van der Waals surface area (Å²) in [4.78, 5) is 12.0. The van der Waals surface area contributed by atoms with Gasteiger partial charge in [0.05, 0.1) is 11.6 Å². The van der Waals surface area contributed by atoms with Crippen molar-refractivity contribution in [2.75, 3.05) is 6.61 Å². The molecule has 2 aromatic carbocycles. The average Bonchev–Trinajstić information content (AvgIpc) is 2.58. The summed E-state index contributed by atoms with van der Waals surface area (Å²) in [5.74, 6) is -0.377. The highest BCUT2D eigenvalue weighted by molar-refractivity contribution is 5.78. The molecule has 2 aromatic rings. The summed E-state index contributed by atoms with van der Waals surface area (Å²) in [6.07, 6.45) is -3.75. The van der Waals surface area contributed by atoms with E-state index in [-0.39, 0.29) is 24.3 Å². The SMILES string of the molecule is CCC(NC(=O)COc1cccc(C(F)(F)F)c1)c1ccc(C)cc1. The topological polar surface area (TPSA) is 38.3 Å². The zero-order valence-electron chi connectivity index (χ0n) is 14.1. The number of halogens is 3. The second-order valence-corrected chi connectivity index (χ2v) is 5.75. The normalized spacial score (nSPS) is 12.5. The molecule has 0 heterocycles. The molecule has 0 aliphatic heterocycles. The first-order valence-corrected chi connectivity index (χ1v) is 7.95. The number of aryl methyl sites for hydroxylation is 1. The molecular weight excluding hydrogens is 331 g/mol. The number of benzene rings is 2. The average molecular weight is 351 g/mol. The molecule has 0 saturated carbocycles. The van der Waals surface area contributed by atoms with E-state index in [2.05, 4.69) is 5.32 Å². The van der Waals surface area contributed by atoms with Crippen LogP contribution in [0.1, 0.15) is 36.1 Å². The van der Waals surface area contributed by atoms with Gasteiger partial charge in [-0.05, 0) is 37.1 Å². The van der Waals surface area contributed by atoms with Crippen molar-refractivity contribution in [2.45, 2.75) is 32.5 Å². The van der Waals surface area contributed by atoms with Crippen LogP contribution in [0.4, 0.5) is 13.2 Å². The Balaban J connectivity index is 1.94. The minimum atomic E-state index is -4.44. The third-order valence-corrected chi connectivity index (χ3v) is 3.75. The molecule has 1 unspecified atom stereocenters. The number of hydrogen-bond donors (Lipinski definition) is 1. The predicted molar refractivity (Wildman–Crippen MR) is 89.3 cm³/mol. The van der Waals surface area contributed by atoms with Crippen molar-refractivity contribution in [3.05, 3.63) is 65.2 Å². The van der Waals surface area contributed by atoms with Gasteiger partial charge in [0.2, 0.25) is 0 Å². The van der Waals surface area contributed by atoms with Crippen LogP contribution in [0.5, 0.6) is 5.75 Å². The maximum atomic E-state index is 12.7. The fourth-order valence-electron chi connectivity index (χ4n) is 2.37. The molecule has 134 valence electrons. The Morgan fingerprint density at radius 3 is 2.44 bits per heavy atom. The van der Waals surface area contributed by atoms with Crippen molar-refractivity contribution >= 4 is 5.91 Å². The Kier molecular flexibility index (Phi) is 6.07. The second kappa shape index (κ2) is 8.05. The third-order valence-electron chi connectivity index (χ3n) is 3.75. The Labute approximate surface area is 144 Å². The summed E-state index contributed by atoms with van der Waals surface area (Å²) in [6.45, 7) is 3.58. The molecule has 0 aliphatic carbocycles. The van der Waals surface area contributed by atoms with E-state index < -0.39 is 11.7 Å². The molecule has 1 amide bonds. The second-order valence-electron chi connectivity index (χ2n) is 5.75. The maximum Gasteiger partial charge on any atom is 0.416 e. The van der Waals surface area contributed by atoms with E-state index in [0.29, 0.717) is 6.42 Å². The minimum absolute atomic E-state index is 0.00774. The highest BCUT2D eigenvalue weighted by Gasteiger charge is 2.30. The number of hydrogen-bond acceptors (Lipinski definition) is 2. The van der Waals surface area contributed by atoms with Crippen molar-refractivity contribution in [3.63, 3.8) is 0 Å². The van der Waals surface area contributed by atoms with Gasteiger partial charge in [0, 0.05) is 0 Å². The highest BCUT2D eigenvalue weighted by atomic mass is 19.4. The quantitative estimate of drug-likeness (QED) is 0.822. The lowest BCUT2D eigenvalue weighted by Gasteiger charge is -2.18. The first-order chi connectivity index (χ1) is 11.8. The van der Waals surface area contributed by atoms with Gasteiger partial charge in [-0.25, -0.2) is 0 Å². The van der Waals surface area contributed by atoms with Crippen LogP contribution in [0.15, 0.2) is 48.5 Å². The highest BCUT2D eigenvalue weighted by Crippen LogP contribution is 2.31. The van der Waals surface area contributed by atoms with Crippen LogP contribution in [0.3, 0.4) is 0 Å². The van der Waals surface area contributed by atoms with Gasteiger partial charge < -0.3 is 10.1 Å². The first-order valence-electron chi connectivity index (χ1n) is 7.95. The number of carbonyl (C=O) groups is 1. The van der Waals surface area contributed by atoms with E-state index in [1.54, 1.807) is 0 Å². The van der Waals surface area contributed by atoms with Crippen LogP contribution in [-0.2, 0) is 11.0 Å². The summed E-state index contributed by atoms with van der Waals surface area (Å²) in [7, 11) is 0. The zero-order chi connectivity index (χ0) is 18.4. The lowest BCUT2D eigenvalue weighted by atomic mass is 10.0. The van der Waals surface area contributed by atoms with Crippen LogP contribution in [0, 0.1) is 6.92 Å². The van der Waals surface area contributed by atoms with Gasteiger partial charge in [0.15, 0.2) is 6.61 Å². The first kappa shape index (κ1) is 18.8. The van der Waals surface area contributed by atoms with Crippen molar-refractivity contribution in [2.24, 2.45) is 0 Å². The van der Waals surface area contributed by atoms with Crippen molar-refractivity contribution in [3.8, 4) is 5.75 Å². The molecule has 6 heteroatoms. The summed E-state index contributed by atoms with van der Waals surface area (Å²) in [5, 5.41) is 2.83. The van der Waals surface area contributed by atoms with Crippen LogP contribution in [0.2, 0.25) is 0 Å². The lowest BCUT2D eigenvalue weighted by Crippen LogP contribution is -2.32. The van der Waals surface area contributed by atoms with Gasteiger partial charge in [-0.3, -0.25) is 4.79 Å². The van der Waals surface area contributed by atoms with Gasteiger partial charge in [0.1, 0.15) is 5.75 Å². The molecule has 3 nitrogen and oxygen atoms in total. The summed E-state index contributed by atoms with van der Waals surface area (Å²) in [5.41, 5.74) is 1.29. The van der Waals surface area contributed by atoms with Crippen LogP contribution >= 0.6 is 0 Å². The number of rotatable bonds is 6. The fourth-order valence-corrected chi connectivity index (χ4v) is 2.37. The van der Waals surface area contributed by atoms with Gasteiger partial charge in [-0.1, -0.05) is 42.8 Å². The monoisotopic (exact) mass is 351 g/mol. The summed E-state index contributed by atoms with van der Waals surface area (Å²) < 4.78 is 43.2. The smallest absolute Gasteiger partial charge is 0.416 e. The molecule has 25 heavy (non-hydrogen) atoms. The van der Waals surface area contributed by atoms with Crippen LogP contribution < -0.4 is 10.1 Å². The Morgan fingerprint density at radius 1 is 1.16 bits per heavy atom. The number of amides is 1. The standard InChI is InChI=1S/C19H20F3NO2/c1-3-17(14-9-7-13(2)8-10-14)23-18(24)12-25-16-6-4-5-15(11-16)19(20,21)22/h4-11,17H,3,12H2,1-2H3,(H,23,24).